The van der Waals surface area contributed by atoms with Gasteiger partial charge < -0.3 is 77.2 Å². The molecule has 0 spiro atoms. The number of aldehydes is 1. The lowest BCUT2D eigenvalue weighted by Crippen LogP contribution is -2.35. The Labute approximate surface area is 484 Å². The molecule has 1 aromatic heterocycles. The largest absolute Gasteiger partial charge is 0.496 e. The van der Waals surface area contributed by atoms with Crippen LogP contribution in [0.15, 0.2) is 103 Å². The van der Waals surface area contributed by atoms with Gasteiger partial charge in [-0.15, -0.1) is 0 Å². The predicted molar refractivity (Wildman–Crippen MR) is 316 cm³/mol. The van der Waals surface area contributed by atoms with Crippen LogP contribution < -0.4 is 24.7 Å². The van der Waals surface area contributed by atoms with Crippen molar-refractivity contribution in [3.05, 3.63) is 153 Å². The van der Waals surface area contributed by atoms with Crippen molar-refractivity contribution in [2.24, 2.45) is 5.73 Å². The molecule has 3 aliphatic rings. The van der Waals surface area contributed by atoms with Crippen LogP contribution in [-0.2, 0) is 90.1 Å². The number of rotatable bonds is 22. The van der Waals surface area contributed by atoms with E-state index in [4.69, 9.17) is 62.9 Å². The Balaban J connectivity index is 0.000000185. The summed E-state index contributed by atoms with van der Waals surface area (Å²) in [5, 5.41) is 10.3. The second-order valence-corrected chi connectivity index (χ2v) is 21.4. The third-order valence-corrected chi connectivity index (χ3v) is 14.5. The number of hydrogen-bond acceptors (Lipinski definition) is 15. The number of nitrogens with two attached hydrogens (primary N) is 1. The zero-order chi connectivity index (χ0) is 59.2. The van der Waals surface area contributed by atoms with E-state index < -0.39 is 11.6 Å². The topological polar surface area (TPSA) is 190 Å². The first-order valence-corrected chi connectivity index (χ1v) is 27.9. The molecule has 2 atom stereocenters. The molecule has 9 rings (SSSR count). The van der Waals surface area contributed by atoms with E-state index in [-0.39, 0.29) is 24.7 Å². The average Bonchev–Trinajstić information content (AvgIpc) is 4.25. The quantitative estimate of drug-likeness (QED) is 0.0611. The summed E-state index contributed by atoms with van der Waals surface area (Å²) in [5.41, 5.74) is 15.6. The number of primary amides is 1. The van der Waals surface area contributed by atoms with Gasteiger partial charge in [-0.2, -0.15) is 0 Å². The highest BCUT2D eigenvalue weighted by Crippen LogP contribution is 2.32. The molecule has 0 bridgehead atoms. The van der Waals surface area contributed by atoms with Gasteiger partial charge in [0.1, 0.15) is 29.3 Å². The molecule has 0 aliphatic carbocycles. The number of carbonyl (C=O) groups is 2. The minimum atomic E-state index is -0.497. The van der Waals surface area contributed by atoms with Crippen LogP contribution in [0.25, 0.3) is 10.9 Å². The van der Waals surface area contributed by atoms with Gasteiger partial charge in [-0.25, -0.2) is 0 Å². The van der Waals surface area contributed by atoms with Gasteiger partial charge in [-0.3, -0.25) is 4.79 Å². The summed E-state index contributed by atoms with van der Waals surface area (Å²) >= 11 is 0. The molecule has 3 fully saturated rings. The number of aliphatic hydroxyl groups excluding tert-OH is 1. The van der Waals surface area contributed by atoms with Crippen molar-refractivity contribution < 1.29 is 66.8 Å². The summed E-state index contributed by atoms with van der Waals surface area (Å²) < 4.78 is 61.9. The molecule has 0 radical (unpaired) electrons. The Morgan fingerprint density at radius 3 is 1.50 bits per heavy atom. The molecule has 5 aromatic carbocycles. The Morgan fingerprint density at radius 2 is 1.06 bits per heavy atom. The number of aromatic nitrogens is 1. The minimum absolute atomic E-state index is 0.0205. The predicted octanol–water partition coefficient (Wildman–Crippen LogP) is 9.77. The number of nitrogens with zero attached hydrogens (tertiary/aromatic N) is 2. The molecule has 82 heavy (non-hydrogen) atoms. The van der Waals surface area contributed by atoms with Crippen molar-refractivity contribution in [2.45, 2.75) is 122 Å². The van der Waals surface area contributed by atoms with Gasteiger partial charge in [0.25, 0.3) is 0 Å². The van der Waals surface area contributed by atoms with E-state index in [0.717, 1.165) is 131 Å². The number of hydrogen-bond donors (Lipinski definition) is 2. The lowest BCUT2D eigenvalue weighted by Gasteiger charge is -2.33. The summed E-state index contributed by atoms with van der Waals surface area (Å²) in [7, 11) is 11.7. The summed E-state index contributed by atoms with van der Waals surface area (Å²) in [6.07, 6.45) is 8.22. The summed E-state index contributed by atoms with van der Waals surface area (Å²) in [5.74, 6) is 1.99. The first kappa shape index (κ1) is 64.8. The fourth-order valence-electron chi connectivity index (χ4n) is 10.4. The van der Waals surface area contributed by atoms with Gasteiger partial charge in [-0.1, -0.05) is 54.6 Å². The number of amides is 1. The third kappa shape index (κ3) is 19.1. The molecule has 6 aromatic rings. The van der Waals surface area contributed by atoms with Gasteiger partial charge in [-0.05, 0) is 134 Å². The molecule has 3 saturated heterocycles. The number of ether oxygens (including phenoxy) is 11. The Kier molecular flexibility index (Phi) is 25.2. The second kappa shape index (κ2) is 31.9. The molecule has 4 heterocycles. The van der Waals surface area contributed by atoms with Crippen LogP contribution in [0.4, 0.5) is 0 Å². The first-order valence-electron chi connectivity index (χ1n) is 27.9. The van der Waals surface area contributed by atoms with Crippen molar-refractivity contribution in [3.8, 4) is 23.0 Å². The standard InChI is InChI=1S/C25H31N3O3.C15H22O4.C14H20O4.C11H14O3/c1-30-17-18-3-4-20(24(15-18)31-2)7-11-27-12-9-22(10-13-27)28-14-8-19-5-6-21(25(26)29)16-23(19)28;1-15(2)18-10-13(19-15)8-12-6-5-11(9-16-3)7-14(12)17-4;1-14(2)17-9-12(18-14)7-11-5-4-10(8-15)6-13(11)16-3;1-13-8-9-3-4-10(5-6-12)11(7-9)14-2/h3-6,8,14-16,22H,7,9-13,17H2,1-2H3,(H2,26,29);5-7,13H,8-10H2,1-4H3;4-6,12,15H,7-9H2,1-3H3;3-4,6-7H,5,8H2,1-2H3. The number of methoxy groups -OCH3 is 7. The number of benzene rings is 5. The van der Waals surface area contributed by atoms with E-state index in [0.29, 0.717) is 51.1 Å². The summed E-state index contributed by atoms with van der Waals surface area (Å²) in [6.45, 7) is 13.8. The maximum absolute atomic E-state index is 11.6. The van der Waals surface area contributed by atoms with E-state index in [1.807, 2.05) is 82.3 Å². The maximum atomic E-state index is 11.6. The normalized spacial score (nSPS) is 17.4. The molecule has 3 aliphatic heterocycles. The highest BCUT2D eigenvalue weighted by molar-refractivity contribution is 5.97. The van der Waals surface area contributed by atoms with Crippen molar-refractivity contribution >= 4 is 23.1 Å². The molecule has 2 unspecified atom stereocenters. The van der Waals surface area contributed by atoms with Crippen molar-refractivity contribution in [3.63, 3.8) is 0 Å². The van der Waals surface area contributed by atoms with Gasteiger partial charge >= 0.3 is 0 Å². The fraction of sp³-hybridized carbons (Fsp3) is 0.477. The highest BCUT2D eigenvalue weighted by atomic mass is 16.7. The van der Waals surface area contributed by atoms with Crippen molar-refractivity contribution in [2.75, 3.05) is 82.6 Å². The minimum Gasteiger partial charge on any atom is -0.496 e. The molecule has 3 N–H and O–H groups in total. The number of carbonyl (C=O) groups excluding carboxylic acids is 2. The van der Waals surface area contributed by atoms with Gasteiger partial charge in [0.15, 0.2) is 11.6 Å². The number of aliphatic hydroxyl groups is 1. The van der Waals surface area contributed by atoms with Crippen LogP contribution in [0, 0.1) is 0 Å². The summed E-state index contributed by atoms with van der Waals surface area (Å²) in [4.78, 5) is 24.5. The van der Waals surface area contributed by atoms with Crippen LogP contribution in [0.3, 0.4) is 0 Å². The van der Waals surface area contributed by atoms with E-state index in [1.165, 1.54) is 5.56 Å². The van der Waals surface area contributed by atoms with Gasteiger partial charge in [0, 0.05) is 89.1 Å². The van der Waals surface area contributed by atoms with Crippen LogP contribution >= 0.6 is 0 Å². The van der Waals surface area contributed by atoms with Crippen molar-refractivity contribution in [1.29, 1.82) is 0 Å². The van der Waals surface area contributed by atoms with E-state index in [9.17, 15) is 9.59 Å². The van der Waals surface area contributed by atoms with Gasteiger partial charge in [0.05, 0.1) is 80.3 Å². The zero-order valence-electron chi connectivity index (χ0n) is 50.0. The SMILES string of the molecule is COCc1ccc(CC2COC(C)(C)O2)c(OC)c1.COCc1ccc(CC=O)c(OC)c1.COCc1ccc(CCN2CCC(n3ccc4ccc(C(N)=O)cc43)CC2)c(OC)c1.COc1cc(CO)ccc1CC1COC(C)(C)O1. The van der Waals surface area contributed by atoms with Crippen LogP contribution in [0.5, 0.6) is 23.0 Å². The molecule has 1 amide bonds. The molecule has 0 saturated carbocycles. The molecule has 17 heteroatoms. The maximum Gasteiger partial charge on any atom is 0.248 e. The van der Waals surface area contributed by atoms with Crippen LogP contribution in [0.2, 0.25) is 0 Å². The van der Waals surface area contributed by atoms with E-state index >= 15 is 0 Å². The number of piperidine rings is 1. The van der Waals surface area contributed by atoms with Gasteiger partial charge in [0.2, 0.25) is 5.91 Å². The Bertz CT molecular complexity index is 2950. The first-order chi connectivity index (χ1) is 39.5. The zero-order valence-corrected chi connectivity index (χ0v) is 50.0. The Morgan fingerprint density at radius 1 is 0.610 bits per heavy atom. The average molecular weight is 1130 g/mol. The lowest BCUT2D eigenvalue weighted by molar-refractivity contribution is -0.138. The van der Waals surface area contributed by atoms with Crippen LogP contribution in [-0.4, -0.2) is 133 Å². The van der Waals surface area contributed by atoms with E-state index in [2.05, 4.69) is 52.1 Å². The Hall–Kier alpha value is -6.38. The molecule has 446 valence electrons. The summed E-state index contributed by atoms with van der Waals surface area (Å²) in [6, 6.07) is 32.2. The van der Waals surface area contributed by atoms with Crippen molar-refractivity contribution in [1.82, 2.24) is 9.47 Å². The number of fused-ring (bicyclic) bond motifs is 1. The molecular formula is C65H87N3O14. The number of likely N-dealkylation sites (tertiary alicyclic amines) is 1. The molecular weight excluding hydrogens is 1050 g/mol. The third-order valence-electron chi connectivity index (χ3n) is 14.5. The second-order valence-electron chi connectivity index (χ2n) is 21.4. The van der Waals surface area contributed by atoms with Crippen LogP contribution in [0.1, 0.15) is 101 Å². The highest BCUT2D eigenvalue weighted by Gasteiger charge is 2.34. The smallest absolute Gasteiger partial charge is 0.248 e. The van der Waals surface area contributed by atoms with E-state index in [1.54, 1.807) is 55.8 Å². The fourth-order valence-corrected chi connectivity index (χ4v) is 10.4. The monoisotopic (exact) mass is 1130 g/mol. The lowest BCUT2D eigenvalue weighted by atomic mass is 10.0. The molecule has 17 nitrogen and oxygen atoms in total.